The molecule has 0 aliphatic carbocycles. The van der Waals surface area contributed by atoms with E-state index in [1.165, 1.54) is 0 Å². The SMILES string of the molecule is CCCN(CCCN)C(=O)c1cnn2ccccc12. The molecule has 2 heterocycles. The summed E-state index contributed by atoms with van der Waals surface area (Å²) in [6.07, 6.45) is 5.25. The van der Waals surface area contributed by atoms with Crippen LogP contribution in [0.3, 0.4) is 0 Å². The van der Waals surface area contributed by atoms with Crippen LogP contribution in [0.25, 0.3) is 5.52 Å². The lowest BCUT2D eigenvalue weighted by atomic mass is 10.2. The standard InChI is InChI=1S/C14H20N4O/c1-2-8-17(9-5-7-15)14(19)12-11-16-18-10-4-3-6-13(12)18/h3-4,6,10-11H,2,5,7-9,15H2,1H3. The molecule has 5 nitrogen and oxygen atoms in total. The Labute approximate surface area is 113 Å². The lowest BCUT2D eigenvalue weighted by Gasteiger charge is -2.21. The van der Waals surface area contributed by atoms with Crippen LogP contribution in [0.15, 0.2) is 30.6 Å². The van der Waals surface area contributed by atoms with Gasteiger partial charge in [-0.2, -0.15) is 5.10 Å². The van der Waals surface area contributed by atoms with Crippen molar-refractivity contribution in [2.45, 2.75) is 19.8 Å². The first-order valence-corrected chi connectivity index (χ1v) is 6.69. The van der Waals surface area contributed by atoms with E-state index in [1.54, 1.807) is 10.7 Å². The molecule has 1 amide bonds. The Morgan fingerprint density at radius 2 is 2.26 bits per heavy atom. The van der Waals surface area contributed by atoms with E-state index >= 15 is 0 Å². The van der Waals surface area contributed by atoms with Crippen molar-refractivity contribution in [2.24, 2.45) is 5.73 Å². The van der Waals surface area contributed by atoms with Crippen molar-refractivity contribution in [3.63, 3.8) is 0 Å². The first-order valence-electron chi connectivity index (χ1n) is 6.69. The van der Waals surface area contributed by atoms with E-state index in [-0.39, 0.29) is 5.91 Å². The molecule has 0 spiro atoms. The van der Waals surface area contributed by atoms with Gasteiger partial charge in [-0.3, -0.25) is 4.79 Å². The van der Waals surface area contributed by atoms with Crippen molar-refractivity contribution in [1.29, 1.82) is 0 Å². The van der Waals surface area contributed by atoms with Crippen LogP contribution in [0.4, 0.5) is 0 Å². The summed E-state index contributed by atoms with van der Waals surface area (Å²) in [6.45, 7) is 4.12. The molecular formula is C14H20N4O. The van der Waals surface area contributed by atoms with Crippen molar-refractivity contribution < 1.29 is 4.79 Å². The third-order valence-corrected chi connectivity index (χ3v) is 3.07. The Hall–Kier alpha value is -1.88. The van der Waals surface area contributed by atoms with Gasteiger partial charge in [-0.1, -0.05) is 13.0 Å². The zero-order valence-electron chi connectivity index (χ0n) is 11.2. The van der Waals surface area contributed by atoms with Crippen LogP contribution in [0, 0.1) is 0 Å². The van der Waals surface area contributed by atoms with Crippen molar-refractivity contribution in [1.82, 2.24) is 14.5 Å². The predicted molar refractivity (Wildman–Crippen MR) is 75.1 cm³/mol. The smallest absolute Gasteiger partial charge is 0.257 e. The van der Waals surface area contributed by atoms with Gasteiger partial charge in [0.2, 0.25) is 0 Å². The molecule has 0 atom stereocenters. The molecule has 19 heavy (non-hydrogen) atoms. The van der Waals surface area contributed by atoms with Gasteiger partial charge in [0.25, 0.3) is 5.91 Å². The topological polar surface area (TPSA) is 63.6 Å². The molecule has 2 N–H and O–H groups in total. The fourth-order valence-electron chi connectivity index (χ4n) is 2.14. The van der Waals surface area contributed by atoms with E-state index in [1.807, 2.05) is 29.3 Å². The second-order valence-electron chi connectivity index (χ2n) is 4.52. The molecule has 0 fully saturated rings. The van der Waals surface area contributed by atoms with E-state index in [0.717, 1.165) is 24.9 Å². The van der Waals surface area contributed by atoms with Crippen LogP contribution in [0.5, 0.6) is 0 Å². The highest BCUT2D eigenvalue weighted by Gasteiger charge is 2.18. The largest absolute Gasteiger partial charge is 0.338 e. The van der Waals surface area contributed by atoms with E-state index in [4.69, 9.17) is 5.73 Å². The van der Waals surface area contributed by atoms with Crippen molar-refractivity contribution in [3.8, 4) is 0 Å². The summed E-state index contributed by atoms with van der Waals surface area (Å²) in [4.78, 5) is 14.4. The number of carbonyl (C=O) groups is 1. The number of carbonyl (C=O) groups excluding carboxylic acids is 1. The maximum Gasteiger partial charge on any atom is 0.257 e. The molecule has 0 aromatic carbocycles. The molecule has 0 aliphatic rings. The first-order chi connectivity index (χ1) is 9.27. The lowest BCUT2D eigenvalue weighted by Crippen LogP contribution is -2.33. The minimum absolute atomic E-state index is 0.0384. The van der Waals surface area contributed by atoms with Gasteiger partial charge in [-0.05, 0) is 31.5 Å². The molecule has 0 radical (unpaired) electrons. The van der Waals surface area contributed by atoms with E-state index < -0.39 is 0 Å². The number of hydrogen-bond donors (Lipinski definition) is 1. The number of fused-ring (bicyclic) bond motifs is 1. The minimum atomic E-state index is 0.0384. The summed E-state index contributed by atoms with van der Waals surface area (Å²) in [5.41, 5.74) is 7.03. The molecule has 102 valence electrons. The number of aromatic nitrogens is 2. The molecule has 2 rings (SSSR count). The highest BCUT2D eigenvalue weighted by molar-refractivity contribution is 6.00. The lowest BCUT2D eigenvalue weighted by molar-refractivity contribution is 0.0756. The van der Waals surface area contributed by atoms with Gasteiger partial charge < -0.3 is 10.6 Å². The molecule has 0 bridgehead atoms. The Morgan fingerprint density at radius 1 is 1.42 bits per heavy atom. The van der Waals surface area contributed by atoms with Crippen LogP contribution < -0.4 is 5.73 Å². The molecule has 5 heteroatoms. The summed E-state index contributed by atoms with van der Waals surface area (Å²) in [7, 11) is 0. The number of nitrogens with zero attached hydrogens (tertiary/aromatic N) is 3. The fraction of sp³-hybridized carbons (Fsp3) is 0.429. The Balaban J connectivity index is 2.25. The van der Waals surface area contributed by atoms with Gasteiger partial charge in [-0.15, -0.1) is 0 Å². The molecule has 0 aliphatic heterocycles. The first kappa shape index (κ1) is 13.5. The molecule has 0 unspecified atom stereocenters. The van der Waals surface area contributed by atoms with Crippen LogP contribution in [-0.2, 0) is 0 Å². The van der Waals surface area contributed by atoms with Crippen LogP contribution in [0.1, 0.15) is 30.1 Å². The summed E-state index contributed by atoms with van der Waals surface area (Å²) >= 11 is 0. The van der Waals surface area contributed by atoms with Crippen LogP contribution >= 0.6 is 0 Å². The maximum absolute atomic E-state index is 12.5. The Kier molecular flexibility index (Phi) is 4.52. The van der Waals surface area contributed by atoms with Gasteiger partial charge in [0.1, 0.15) is 0 Å². The quantitative estimate of drug-likeness (QED) is 0.856. The third kappa shape index (κ3) is 2.93. The zero-order chi connectivity index (χ0) is 13.7. The van der Waals surface area contributed by atoms with Crippen molar-refractivity contribution >= 4 is 11.4 Å². The number of hydrogen-bond acceptors (Lipinski definition) is 3. The molecule has 0 saturated heterocycles. The summed E-state index contributed by atoms with van der Waals surface area (Å²) in [6, 6.07) is 5.72. The van der Waals surface area contributed by atoms with Gasteiger partial charge in [-0.25, -0.2) is 4.52 Å². The van der Waals surface area contributed by atoms with Crippen LogP contribution in [-0.4, -0.2) is 40.1 Å². The van der Waals surface area contributed by atoms with Gasteiger partial charge in [0, 0.05) is 19.3 Å². The highest BCUT2D eigenvalue weighted by atomic mass is 16.2. The Bertz CT molecular complexity index is 549. The summed E-state index contributed by atoms with van der Waals surface area (Å²) in [5.74, 6) is 0.0384. The maximum atomic E-state index is 12.5. The van der Waals surface area contributed by atoms with Gasteiger partial charge >= 0.3 is 0 Å². The van der Waals surface area contributed by atoms with Crippen molar-refractivity contribution in [3.05, 3.63) is 36.2 Å². The van der Waals surface area contributed by atoms with Crippen molar-refractivity contribution in [2.75, 3.05) is 19.6 Å². The average molecular weight is 260 g/mol. The average Bonchev–Trinajstić information content (AvgIpc) is 2.86. The summed E-state index contributed by atoms with van der Waals surface area (Å²) in [5, 5.41) is 4.21. The van der Waals surface area contributed by atoms with E-state index in [0.29, 0.717) is 18.7 Å². The van der Waals surface area contributed by atoms with Gasteiger partial charge in [0.05, 0.1) is 17.3 Å². The molecular weight excluding hydrogens is 240 g/mol. The van der Waals surface area contributed by atoms with E-state index in [9.17, 15) is 4.79 Å². The predicted octanol–water partition coefficient (Wildman–Crippen LogP) is 1.54. The number of amides is 1. The highest BCUT2D eigenvalue weighted by Crippen LogP contribution is 2.13. The molecule has 0 saturated carbocycles. The number of pyridine rings is 1. The number of nitrogens with two attached hydrogens (primary N) is 1. The normalized spacial score (nSPS) is 10.8. The summed E-state index contributed by atoms with van der Waals surface area (Å²) < 4.78 is 1.72. The minimum Gasteiger partial charge on any atom is -0.338 e. The fourth-order valence-corrected chi connectivity index (χ4v) is 2.14. The third-order valence-electron chi connectivity index (χ3n) is 3.07. The monoisotopic (exact) mass is 260 g/mol. The molecule has 2 aromatic rings. The zero-order valence-corrected chi connectivity index (χ0v) is 11.2. The second kappa shape index (κ2) is 6.33. The van der Waals surface area contributed by atoms with E-state index in [2.05, 4.69) is 12.0 Å². The second-order valence-corrected chi connectivity index (χ2v) is 4.52. The number of rotatable bonds is 6. The van der Waals surface area contributed by atoms with Crippen LogP contribution in [0.2, 0.25) is 0 Å². The van der Waals surface area contributed by atoms with Gasteiger partial charge in [0.15, 0.2) is 0 Å². The molecule has 2 aromatic heterocycles. The Morgan fingerprint density at radius 3 is 3.00 bits per heavy atom.